The summed E-state index contributed by atoms with van der Waals surface area (Å²) in [4.78, 5) is 10.7. The summed E-state index contributed by atoms with van der Waals surface area (Å²) in [6.07, 6.45) is -5.27. The first-order valence-corrected chi connectivity index (χ1v) is 3.80. The van der Waals surface area contributed by atoms with Gasteiger partial charge in [0.15, 0.2) is 0 Å². The number of esters is 1. The zero-order valence-corrected chi connectivity index (χ0v) is 8.27. The number of hydrogen-bond donors (Lipinski definition) is 0. The van der Waals surface area contributed by atoms with E-state index < -0.39 is 12.3 Å². The Morgan fingerprint density at radius 2 is 1.73 bits per heavy atom. The number of halogens is 4. The highest BCUT2D eigenvalue weighted by Gasteiger charge is 2.33. The van der Waals surface area contributed by atoms with Gasteiger partial charge < -0.3 is 4.74 Å². The molecule has 0 bridgehead atoms. The number of carbonyl (C=O) groups excluding carboxylic acids is 1. The van der Waals surface area contributed by atoms with Crippen molar-refractivity contribution < 1.29 is 22.7 Å². The van der Waals surface area contributed by atoms with Crippen LogP contribution >= 0.6 is 12.4 Å². The molecule has 0 aliphatic heterocycles. The summed E-state index contributed by atoms with van der Waals surface area (Å²) in [6, 6.07) is 8.08. The quantitative estimate of drug-likeness (QED) is 0.743. The van der Waals surface area contributed by atoms with Crippen LogP contribution in [-0.4, -0.2) is 12.3 Å². The first-order chi connectivity index (χ1) is 6.47. The number of hydrogen-bond acceptors (Lipinski definition) is 2. The van der Waals surface area contributed by atoms with Crippen LogP contribution in [-0.2, 0) is 16.0 Å². The van der Waals surface area contributed by atoms with Gasteiger partial charge in [0.2, 0.25) is 0 Å². The van der Waals surface area contributed by atoms with Crippen LogP contribution in [0.15, 0.2) is 30.3 Å². The number of benzene rings is 1. The predicted molar refractivity (Wildman–Crippen MR) is 49.5 cm³/mol. The van der Waals surface area contributed by atoms with E-state index in [1.165, 1.54) is 0 Å². The fraction of sp³-hybridized carbons (Fsp3) is 0.222. The largest absolute Gasteiger partial charge is 0.575 e. The predicted octanol–water partition coefficient (Wildman–Crippen LogP) is 2.71. The van der Waals surface area contributed by atoms with Gasteiger partial charge in [-0.05, 0) is 5.56 Å². The van der Waals surface area contributed by atoms with Crippen molar-refractivity contribution in [1.82, 2.24) is 0 Å². The van der Waals surface area contributed by atoms with Crippen LogP contribution in [0, 0.1) is 0 Å². The first-order valence-electron chi connectivity index (χ1n) is 3.80. The first kappa shape index (κ1) is 13.8. The lowest BCUT2D eigenvalue weighted by molar-refractivity contribution is -0.305. The summed E-state index contributed by atoms with van der Waals surface area (Å²) in [5, 5.41) is 0. The standard InChI is InChI=1S/C9H7F3O2.ClH/c10-9(11,12)14-8(13)6-7-4-2-1-3-5-7;/h1-5H,6H2;1H. The van der Waals surface area contributed by atoms with E-state index in [0.29, 0.717) is 5.56 Å². The fourth-order valence-electron chi connectivity index (χ4n) is 0.928. The molecule has 1 rings (SSSR count). The van der Waals surface area contributed by atoms with Crippen molar-refractivity contribution in [2.24, 2.45) is 0 Å². The molecule has 15 heavy (non-hydrogen) atoms. The van der Waals surface area contributed by atoms with Crippen molar-refractivity contribution in [2.45, 2.75) is 12.8 Å². The molecule has 0 saturated heterocycles. The monoisotopic (exact) mass is 240 g/mol. The Kier molecular flexibility index (Phi) is 5.14. The van der Waals surface area contributed by atoms with Crippen molar-refractivity contribution in [3.8, 4) is 0 Å². The minimum Gasteiger partial charge on any atom is -0.373 e. The van der Waals surface area contributed by atoms with E-state index in [9.17, 15) is 18.0 Å². The highest BCUT2D eigenvalue weighted by Crippen LogP contribution is 2.17. The number of rotatable bonds is 2. The van der Waals surface area contributed by atoms with E-state index in [2.05, 4.69) is 4.74 Å². The molecule has 1 aromatic rings. The molecule has 0 fully saturated rings. The molecule has 0 aliphatic rings. The fourth-order valence-corrected chi connectivity index (χ4v) is 0.928. The zero-order valence-electron chi connectivity index (χ0n) is 7.45. The smallest absolute Gasteiger partial charge is 0.373 e. The van der Waals surface area contributed by atoms with Gasteiger partial charge in [0.25, 0.3) is 0 Å². The molecule has 0 N–H and O–H groups in total. The van der Waals surface area contributed by atoms with Crippen molar-refractivity contribution >= 4 is 18.4 Å². The molecular formula is C9H8ClF3O2. The summed E-state index contributed by atoms with van der Waals surface area (Å²) >= 11 is 0. The Hall–Kier alpha value is -1.23. The topological polar surface area (TPSA) is 26.3 Å². The van der Waals surface area contributed by atoms with Crippen LogP contribution in [0.3, 0.4) is 0 Å². The van der Waals surface area contributed by atoms with Crippen molar-refractivity contribution in [2.75, 3.05) is 0 Å². The molecule has 0 amide bonds. The van der Waals surface area contributed by atoms with Gasteiger partial charge in [-0.2, -0.15) is 0 Å². The lowest BCUT2D eigenvalue weighted by Gasteiger charge is -2.06. The third-order valence-electron chi connectivity index (χ3n) is 1.42. The third-order valence-corrected chi connectivity index (χ3v) is 1.42. The second-order valence-electron chi connectivity index (χ2n) is 2.58. The maximum Gasteiger partial charge on any atom is 0.575 e. The van der Waals surface area contributed by atoms with E-state index in [-0.39, 0.29) is 18.8 Å². The van der Waals surface area contributed by atoms with Crippen LogP contribution in [0.5, 0.6) is 0 Å². The van der Waals surface area contributed by atoms with Gasteiger partial charge >= 0.3 is 12.3 Å². The molecule has 0 aliphatic carbocycles. The molecule has 0 radical (unpaired) electrons. The average Bonchev–Trinajstić information content (AvgIpc) is 2.02. The van der Waals surface area contributed by atoms with Crippen molar-refractivity contribution in [1.29, 1.82) is 0 Å². The molecular weight excluding hydrogens is 233 g/mol. The molecule has 6 heteroatoms. The van der Waals surface area contributed by atoms with E-state index in [1.807, 2.05) is 0 Å². The van der Waals surface area contributed by atoms with Crippen LogP contribution in [0.25, 0.3) is 0 Å². The molecule has 84 valence electrons. The Labute approximate surface area is 90.5 Å². The minimum atomic E-state index is -4.90. The van der Waals surface area contributed by atoms with Gasteiger partial charge in [0.1, 0.15) is 0 Å². The van der Waals surface area contributed by atoms with Gasteiger partial charge in [-0.1, -0.05) is 30.3 Å². The van der Waals surface area contributed by atoms with Crippen LogP contribution in [0.1, 0.15) is 5.56 Å². The Balaban J connectivity index is 0.00000196. The van der Waals surface area contributed by atoms with Crippen LogP contribution in [0.4, 0.5) is 13.2 Å². The van der Waals surface area contributed by atoms with E-state index in [1.54, 1.807) is 30.3 Å². The van der Waals surface area contributed by atoms with E-state index in [4.69, 9.17) is 0 Å². The van der Waals surface area contributed by atoms with Gasteiger partial charge in [-0.25, -0.2) is 0 Å². The number of carbonyl (C=O) groups is 1. The maximum absolute atomic E-state index is 11.6. The summed E-state index contributed by atoms with van der Waals surface area (Å²) in [7, 11) is 0. The minimum absolute atomic E-state index is 0. The molecule has 0 heterocycles. The lowest BCUT2D eigenvalue weighted by Crippen LogP contribution is -2.20. The molecule has 0 unspecified atom stereocenters. The zero-order chi connectivity index (χ0) is 10.6. The van der Waals surface area contributed by atoms with Gasteiger partial charge in [-0.15, -0.1) is 25.6 Å². The van der Waals surface area contributed by atoms with Crippen LogP contribution < -0.4 is 0 Å². The highest BCUT2D eigenvalue weighted by molar-refractivity contribution is 5.85. The second-order valence-corrected chi connectivity index (χ2v) is 2.58. The van der Waals surface area contributed by atoms with Crippen LogP contribution in [0.2, 0.25) is 0 Å². The average molecular weight is 241 g/mol. The number of ether oxygens (including phenoxy) is 1. The van der Waals surface area contributed by atoms with E-state index >= 15 is 0 Å². The maximum atomic E-state index is 11.6. The summed E-state index contributed by atoms with van der Waals surface area (Å²) in [5.41, 5.74) is 0.488. The summed E-state index contributed by atoms with van der Waals surface area (Å²) in [5.74, 6) is -1.30. The highest BCUT2D eigenvalue weighted by atomic mass is 35.5. The summed E-state index contributed by atoms with van der Waals surface area (Å²) < 4.78 is 37.9. The summed E-state index contributed by atoms with van der Waals surface area (Å²) in [6.45, 7) is 0. The molecule has 1 aromatic carbocycles. The molecule has 0 spiro atoms. The third kappa shape index (κ3) is 5.96. The number of alkyl halides is 3. The van der Waals surface area contributed by atoms with E-state index in [0.717, 1.165) is 0 Å². The van der Waals surface area contributed by atoms with Gasteiger partial charge in [0, 0.05) is 0 Å². The Morgan fingerprint density at radius 1 is 1.20 bits per heavy atom. The normalized spacial score (nSPS) is 10.3. The molecule has 2 nitrogen and oxygen atoms in total. The Bertz CT molecular complexity index is 311. The second kappa shape index (κ2) is 5.60. The molecule has 0 atom stereocenters. The SMILES string of the molecule is Cl.O=C(Cc1ccccc1)OC(F)(F)F. The van der Waals surface area contributed by atoms with Crippen molar-refractivity contribution in [3.05, 3.63) is 35.9 Å². The lowest BCUT2D eigenvalue weighted by atomic mass is 10.2. The Morgan fingerprint density at radius 3 is 2.20 bits per heavy atom. The molecule has 0 saturated carbocycles. The molecule has 0 aromatic heterocycles. The van der Waals surface area contributed by atoms with Gasteiger partial charge in [-0.3, -0.25) is 4.79 Å². The van der Waals surface area contributed by atoms with Gasteiger partial charge in [0.05, 0.1) is 6.42 Å². The van der Waals surface area contributed by atoms with Crippen molar-refractivity contribution in [3.63, 3.8) is 0 Å².